The van der Waals surface area contributed by atoms with E-state index in [4.69, 9.17) is 0 Å². The summed E-state index contributed by atoms with van der Waals surface area (Å²) in [5.41, 5.74) is 1.41. The minimum absolute atomic E-state index is 0.0378. The highest BCUT2D eigenvalue weighted by molar-refractivity contribution is 9.10. The molecule has 1 saturated carbocycles. The predicted molar refractivity (Wildman–Crippen MR) is 80.1 cm³/mol. The molecule has 0 bridgehead atoms. The number of hydrogen-bond donors (Lipinski definition) is 2. The molecule has 2 N–H and O–H groups in total. The van der Waals surface area contributed by atoms with E-state index in [0.717, 1.165) is 18.5 Å². The van der Waals surface area contributed by atoms with Crippen molar-refractivity contribution in [2.24, 2.45) is 11.8 Å². The first-order chi connectivity index (χ1) is 9.56. The normalized spacial score (nSPS) is 28.4. The number of nitrogens with one attached hydrogen (secondary N) is 2. The van der Waals surface area contributed by atoms with Crippen LogP contribution in [-0.4, -0.2) is 18.5 Å². The van der Waals surface area contributed by atoms with Gasteiger partial charge in [0.25, 0.3) is 0 Å². The van der Waals surface area contributed by atoms with Gasteiger partial charge in [-0.05, 0) is 71.8 Å². The molecule has 2 fully saturated rings. The Morgan fingerprint density at radius 2 is 2.25 bits per heavy atom. The van der Waals surface area contributed by atoms with Gasteiger partial charge in [0.15, 0.2) is 0 Å². The maximum atomic E-state index is 13.6. The van der Waals surface area contributed by atoms with E-state index in [1.807, 2.05) is 6.92 Å². The number of halogens is 2. The van der Waals surface area contributed by atoms with Crippen LogP contribution in [0.3, 0.4) is 0 Å². The minimum atomic E-state index is -0.357. The molecule has 1 aromatic rings. The number of fused-ring (bicyclic) bond motifs is 1. The lowest BCUT2D eigenvalue weighted by Crippen LogP contribution is -2.39. The molecule has 1 saturated heterocycles. The molecule has 1 aliphatic carbocycles. The number of benzene rings is 1. The van der Waals surface area contributed by atoms with Crippen LogP contribution in [0.25, 0.3) is 0 Å². The summed E-state index contributed by atoms with van der Waals surface area (Å²) in [6.07, 6.45) is 3.55. The van der Waals surface area contributed by atoms with Gasteiger partial charge in [-0.3, -0.25) is 4.79 Å². The minimum Gasteiger partial charge on any atom is -0.324 e. The average Bonchev–Trinajstić information content (AvgIpc) is 2.97. The molecule has 1 aromatic carbocycles. The molecular formula is C15H18BrFN2O. The molecule has 3 nitrogen and oxygen atoms in total. The van der Waals surface area contributed by atoms with Gasteiger partial charge in [0.05, 0.1) is 10.5 Å². The molecule has 3 rings (SSSR count). The summed E-state index contributed by atoms with van der Waals surface area (Å²) < 4.78 is 14.0. The molecule has 1 aliphatic heterocycles. The molecule has 108 valence electrons. The van der Waals surface area contributed by atoms with Crippen molar-refractivity contribution < 1.29 is 9.18 Å². The Morgan fingerprint density at radius 1 is 1.45 bits per heavy atom. The van der Waals surface area contributed by atoms with Crippen molar-refractivity contribution >= 4 is 27.5 Å². The highest BCUT2D eigenvalue weighted by Gasteiger charge is 2.42. The molecule has 0 spiro atoms. The smallest absolute Gasteiger partial charge is 0.241 e. The molecule has 2 aliphatic rings. The monoisotopic (exact) mass is 340 g/mol. The lowest BCUT2D eigenvalue weighted by Gasteiger charge is -2.18. The third kappa shape index (κ3) is 2.49. The first-order valence-corrected chi connectivity index (χ1v) is 7.85. The summed E-state index contributed by atoms with van der Waals surface area (Å²) in [6, 6.07) is 2.93. The number of carbonyl (C=O) groups is 1. The molecule has 20 heavy (non-hydrogen) atoms. The lowest BCUT2D eigenvalue weighted by atomic mass is 9.93. The van der Waals surface area contributed by atoms with Crippen molar-refractivity contribution in [2.45, 2.75) is 32.2 Å². The summed E-state index contributed by atoms with van der Waals surface area (Å²) in [5, 5.41) is 6.18. The van der Waals surface area contributed by atoms with Crippen LogP contribution < -0.4 is 10.6 Å². The molecule has 3 unspecified atom stereocenters. The van der Waals surface area contributed by atoms with E-state index >= 15 is 0 Å². The highest BCUT2D eigenvalue weighted by Crippen LogP contribution is 2.38. The van der Waals surface area contributed by atoms with Gasteiger partial charge in [0, 0.05) is 5.69 Å². The van der Waals surface area contributed by atoms with Crippen molar-refractivity contribution in [3.05, 3.63) is 28.0 Å². The summed E-state index contributed by atoms with van der Waals surface area (Å²) in [5.74, 6) is 0.678. The Kier molecular flexibility index (Phi) is 3.82. The van der Waals surface area contributed by atoms with E-state index < -0.39 is 0 Å². The molecular weight excluding hydrogens is 323 g/mol. The lowest BCUT2D eigenvalue weighted by molar-refractivity contribution is -0.118. The van der Waals surface area contributed by atoms with Gasteiger partial charge in [-0.25, -0.2) is 4.39 Å². The largest absolute Gasteiger partial charge is 0.324 e. The van der Waals surface area contributed by atoms with Crippen LogP contribution in [0.15, 0.2) is 16.6 Å². The molecule has 5 heteroatoms. The molecule has 1 heterocycles. The fourth-order valence-corrected chi connectivity index (χ4v) is 3.92. The second kappa shape index (κ2) is 5.45. The number of aryl methyl sites for hydroxylation is 1. The predicted octanol–water partition coefficient (Wildman–Crippen LogP) is 3.22. The van der Waals surface area contributed by atoms with Gasteiger partial charge >= 0.3 is 0 Å². The summed E-state index contributed by atoms with van der Waals surface area (Å²) in [4.78, 5) is 12.4. The summed E-state index contributed by atoms with van der Waals surface area (Å²) in [7, 11) is 0. The van der Waals surface area contributed by atoms with E-state index in [1.165, 1.54) is 18.9 Å². The van der Waals surface area contributed by atoms with Gasteiger partial charge in [-0.15, -0.1) is 0 Å². The van der Waals surface area contributed by atoms with E-state index in [0.29, 0.717) is 22.0 Å². The first kappa shape index (κ1) is 14.0. The number of anilines is 1. The first-order valence-electron chi connectivity index (χ1n) is 7.06. The van der Waals surface area contributed by atoms with Gasteiger partial charge < -0.3 is 10.6 Å². The number of rotatable bonds is 2. The van der Waals surface area contributed by atoms with Crippen LogP contribution in [0.5, 0.6) is 0 Å². The zero-order valence-corrected chi connectivity index (χ0v) is 13.0. The third-order valence-corrected chi connectivity index (χ3v) is 5.16. The molecule has 3 atom stereocenters. The van der Waals surface area contributed by atoms with Crippen molar-refractivity contribution in [1.29, 1.82) is 0 Å². The van der Waals surface area contributed by atoms with Crippen LogP contribution in [0.4, 0.5) is 10.1 Å². The van der Waals surface area contributed by atoms with Crippen LogP contribution in [0.1, 0.15) is 24.8 Å². The Morgan fingerprint density at radius 3 is 3.05 bits per heavy atom. The van der Waals surface area contributed by atoms with E-state index in [2.05, 4.69) is 26.6 Å². The van der Waals surface area contributed by atoms with Gasteiger partial charge in [0.1, 0.15) is 5.82 Å². The Balaban J connectivity index is 1.75. The number of amides is 1. The van der Waals surface area contributed by atoms with Gasteiger partial charge in [-0.1, -0.05) is 6.42 Å². The van der Waals surface area contributed by atoms with Gasteiger partial charge in [0.2, 0.25) is 5.91 Å². The van der Waals surface area contributed by atoms with Crippen LogP contribution in [0, 0.1) is 24.6 Å². The van der Waals surface area contributed by atoms with Crippen molar-refractivity contribution in [3.8, 4) is 0 Å². The van der Waals surface area contributed by atoms with E-state index in [9.17, 15) is 9.18 Å². The Hall–Kier alpha value is -0.940. The Labute approximate surface area is 126 Å². The van der Waals surface area contributed by atoms with Crippen LogP contribution in [-0.2, 0) is 4.79 Å². The second-order valence-corrected chi connectivity index (χ2v) is 6.67. The maximum absolute atomic E-state index is 13.6. The fraction of sp³-hybridized carbons (Fsp3) is 0.533. The van der Waals surface area contributed by atoms with E-state index in [-0.39, 0.29) is 17.8 Å². The van der Waals surface area contributed by atoms with Crippen molar-refractivity contribution in [3.63, 3.8) is 0 Å². The summed E-state index contributed by atoms with van der Waals surface area (Å²) in [6.45, 7) is 2.79. The molecule has 0 aromatic heterocycles. The third-order valence-electron chi connectivity index (χ3n) is 4.55. The van der Waals surface area contributed by atoms with E-state index in [1.54, 1.807) is 6.07 Å². The standard InChI is InChI=1S/C15H18BrFN2O/c1-8-5-11(16)12(17)6-13(8)19-15(20)14-10-4-2-3-9(10)7-18-14/h5-6,9-10,14,18H,2-4,7H2,1H3,(H,19,20). The number of carbonyl (C=O) groups excluding carboxylic acids is 1. The zero-order valence-electron chi connectivity index (χ0n) is 11.4. The molecule has 1 amide bonds. The van der Waals surface area contributed by atoms with Crippen molar-refractivity contribution in [2.75, 3.05) is 11.9 Å². The number of hydrogen-bond acceptors (Lipinski definition) is 2. The molecule has 0 radical (unpaired) electrons. The zero-order chi connectivity index (χ0) is 14.3. The second-order valence-electron chi connectivity index (χ2n) is 5.81. The average molecular weight is 341 g/mol. The highest BCUT2D eigenvalue weighted by atomic mass is 79.9. The van der Waals surface area contributed by atoms with Crippen LogP contribution in [0.2, 0.25) is 0 Å². The topological polar surface area (TPSA) is 41.1 Å². The quantitative estimate of drug-likeness (QED) is 0.867. The van der Waals surface area contributed by atoms with Gasteiger partial charge in [-0.2, -0.15) is 0 Å². The summed E-state index contributed by atoms with van der Waals surface area (Å²) >= 11 is 3.15. The Bertz CT molecular complexity index is 549. The maximum Gasteiger partial charge on any atom is 0.241 e. The van der Waals surface area contributed by atoms with Crippen LogP contribution >= 0.6 is 15.9 Å². The fourth-order valence-electron chi connectivity index (χ4n) is 3.47. The van der Waals surface area contributed by atoms with Crippen molar-refractivity contribution in [1.82, 2.24) is 5.32 Å². The SMILES string of the molecule is Cc1cc(Br)c(F)cc1NC(=O)C1NCC2CCCC21.